The molecule has 0 radical (unpaired) electrons. The van der Waals surface area contributed by atoms with Crippen LogP contribution in [-0.2, 0) is 9.53 Å². The molecule has 0 aromatic heterocycles. The summed E-state index contributed by atoms with van der Waals surface area (Å²) in [6.45, 7) is 4.90. The third-order valence-corrected chi connectivity index (χ3v) is 5.33. The van der Waals surface area contributed by atoms with Crippen molar-refractivity contribution in [1.82, 2.24) is 0 Å². The van der Waals surface area contributed by atoms with E-state index in [1.54, 1.807) is 0 Å². The monoisotopic (exact) mass is 302 g/mol. The summed E-state index contributed by atoms with van der Waals surface area (Å²) in [5.41, 5.74) is -0.207. The first-order valence-electron chi connectivity index (χ1n) is 7.56. The van der Waals surface area contributed by atoms with Gasteiger partial charge in [0.25, 0.3) is 0 Å². The Morgan fingerprint density at radius 1 is 1.37 bits per heavy atom. The summed E-state index contributed by atoms with van der Waals surface area (Å²) in [7, 11) is 2.56. The largest absolute Gasteiger partial charge is 0.464 e. The van der Waals surface area contributed by atoms with Crippen LogP contribution in [0.15, 0.2) is 0 Å². The molecule has 2 fully saturated rings. The first-order valence-corrected chi connectivity index (χ1v) is 8.74. The fraction of sp³-hybridized carbons (Fsp3) is 0.933. The van der Waals surface area contributed by atoms with Crippen molar-refractivity contribution in [3.63, 3.8) is 0 Å². The highest BCUT2D eigenvalue weighted by atomic mass is 32.1. The summed E-state index contributed by atoms with van der Waals surface area (Å²) in [6, 6.07) is 0. The average molecular weight is 302 g/mol. The maximum atomic E-state index is 12.5. The number of thiol groups is 1. The van der Waals surface area contributed by atoms with Crippen LogP contribution in [-0.4, -0.2) is 17.6 Å². The number of ether oxygens (including phenoxy) is 1. The van der Waals surface area contributed by atoms with Gasteiger partial charge in [-0.05, 0) is 56.3 Å². The zero-order valence-corrected chi connectivity index (χ0v) is 14.1. The van der Waals surface area contributed by atoms with E-state index in [2.05, 4.69) is 35.7 Å². The molecule has 2 aliphatic rings. The van der Waals surface area contributed by atoms with Crippen molar-refractivity contribution in [3.8, 4) is 0 Å². The minimum atomic E-state index is -0.207. The fourth-order valence-corrected chi connectivity index (χ4v) is 4.50. The van der Waals surface area contributed by atoms with Crippen LogP contribution in [0, 0.1) is 23.2 Å². The molecule has 2 saturated carbocycles. The zero-order valence-electron chi connectivity index (χ0n) is 12.1. The third-order valence-electron chi connectivity index (χ3n) is 4.99. The molecule has 3 unspecified atom stereocenters. The molecule has 110 valence electrons. The molecule has 0 aliphatic heterocycles. The SMILES string of the molecule is CCC1(C(=O)OC[C@@H](P)S)CC2CC(C)CC(C2)C1. The molecule has 0 N–H and O–H groups in total. The average Bonchev–Trinajstić information content (AvgIpc) is 2.34. The van der Waals surface area contributed by atoms with Crippen molar-refractivity contribution < 1.29 is 9.53 Å². The lowest BCUT2D eigenvalue weighted by atomic mass is 9.58. The van der Waals surface area contributed by atoms with Crippen LogP contribution >= 0.6 is 21.9 Å². The molecule has 0 aromatic rings. The number of hydrogen-bond acceptors (Lipinski definition) is 3. The maximum absolute atomic E-state index is 12.5. The van der Waals surface area contributed by atoms with E-state index in [1.165, 1.54) is 19.3 Å². The van der Waals surface area contributed by atoms with Crippen molar-refractivity contribution in [2.24, 2.45) is 23.2 Å². The predicted molar refractivity (Wildman–Crippen MR) is 85.4 cm³/mol. The molecule has 0 amide bonds. The summed E-state index contributed by atoms with van der Waals surface area (Å²) in [5, 5.41) is 0. The summed E-state index contributed by atoms with van der Waals surface area (Å²) in [5.74, 6) is 2.33. The lowest BCUT2D eigenvalue weighted by Gasteiger charge is -2.47. The van der Waals surface area contributed by atoms with Gasteiger partial charge in [-0.1, -0.05) is 13.8 Å². The van der Waals surface area contributed by atoms with Crippen molar-refractivity contribution >= 4 is 27.8 Å². The summed E-state index contributed by atoms with van der Waals surface area (Å²) < 4.78 is 5.49. The maximum Gasteiger partial charge on any atom is 0.312 e. The summed E-state index contributed by atoms with van der Waals surface area (Å²) in [4.78, 5) is 12.5. The quantitative estimate of drug-likeness (QED) is 0.484. The van der Waals surface area contributed by atoms with Crippen molar-refractivity contribution in [3.05, 3.63) is 0 Å². The third kappa shape index (κ3) is 3.67. The lowest BCUT2D eigenvalue weighted by Crippen LogP contribution is -2.43. The van der Waals surface area contributed by atoms with Gasteiger partial charge in [-0.2, -0.15) is 12.6 Å². The minimum absolute atomic E-state index is 0.0285. The highest BCUT2D eigenvalue weighted by Gasteiger charge is 2.48. The van der Waals surface area contributed by atoms with Crippen molar-refractivity contribution in [2.45, 2.75) is 57.4 Å². The second kappa shape index (κ2) is 6.35. The van der Waals surface area contributed by atoms with Gasteiger partial charge in [0.1, 0.15) is 6.61 Å². The van der Waals surface area contributed by atoms with E-state index in [1.807, 2.05) is 0 Å². The molecule has 19 heavy (non-hydrogen) atoms. The Hall–Kier alpha value is 0.250. The van der Waals surface area contributed by atoms with Crippen molar-refractivity contribution in [2.75, 3.05) is 6.61 Å². The molecule has 4 atom stereocenters. The van der Waals surface area contributed by atoms with Crippen LogP contribution in [0.2, 0.25) is 0 Å². The van der Waals surface area contributed by atoms with Gasteiger partial charge in [0.15, 0.2) is 0 Å². The Balaban J connectivity index is 2.04. The normalized spacial score (nSPS) is 39.7. The van der Waals surface area contributed by atoms with E-state index in [0.29, 0.717) is 6.61 Å². The number of esters is 1. The van der Waals surface area contributed by atoms with Crippen LogP contribution in [0.5, 0.6) is 0 Å². The van der Waals surface area contributed by atoms with Gasteiger partial charge < -0.3 is 4.74 Å². The molecular formula is C15H27O2PS. The number of fused-ring (bicyclic) bond motifs is 2. The number of rotatable bonds is 4. The number of hydrogen-bond donors (Lipinski definition) is 1. The van der Waals surface area contributed by atoms with Gasteiger partial charge in [-0.3, -0.25) is 4.79 Å². The van der Waals surface area contributed by atoms with E-state index in [0.717, 1.165) is 37.0 Å². The van der Waals surface area contributed by atoms with Gasteiger partial charge in [-0.25, -0.2) is 0 Å². The van der Waals surface area contributed by atoms with E-state index in [9.17, 15) is 4.79 Å². The van der Waals surface area contributed by atoms with E-state index >= 15 is 0 Å². The number of carbonyl (C=O) groups excluding carboxylic acids is 1. The van der Waals surface area contributed by atoms with Gasteiger partial charge >= 0.3 is 5.97 Å². The molecule has 0 saturated heterocycles. The fourth-order valence-electron chi connectivity index (χ4n) is 4.33. The second-order valence-corrected chi connectivity index (χ2v) is 8.78. The highest BCUT2D eigenvalue weighted by Crippen LogP contribution is 2.52. The molecule has 4 heteroatoms. The molecule has 0 spiro atoms. The number of carbonyl (C=O) groups is 1. The highest BCUT2D eigenvalue weighted by molar-refractivity contribution is 7.85. The van der Waals surface area contributed by atoms with E-state index in [-0.39, 0.29) is 16.4 Å². The Labute approximate surface area is 125 Å². The Kier molecular flexibility index (Phi) is 5.22. The molecular weight excluding hydrogens is 275 g/mol. The predicted octanol–water partition coefficient (Wildman–Crippen LogP) is 3.90. The van der Waals surface area contributed by atoms with E-state index in [4.69, 9.17) is 4.74 Å². The first-order chi connectivity index (χ1) is 8.95. The Morgan fingerprint density at radius 3 is 2.42 bits per heavy atom. The van der Waals surface area contributed by atoms with Crippen LogP contribution < -0.4 is 0 Å². The van der Waals surface area contributed by atoms with Crippen molar-refractivity contribution in [1.29, 1.82) is 0 Å². The topological polar surface area (TPSA) is 26.3 Å². The minimum Gasteiger partial charge on any atom is -0.464 e. The Bertz CT molecular complexity index is 314. The molecule has 2 aliphatic carbocycles. The first kappa shape index (κ1) is 15.6. The van der Waals surface area contributed by atoms with Gasteiger partial charge in [0.05, 0.1) is 10.4 Å². The van der Waals surface area contributed by atoms with Crippen LogP contribution in [0.1, 0.15) is 52.4 Å². The summed E-state index contributed by atoms with van der Waals surface area (Å²) >= 11 is 4.26. The molecule has 0 heterocycles. The zero-order chi connectivity index (χ0) is 14.0. The summed E-state index contributed by atoms with van der Waals surface area (Å²) in [6.07, 6.45) is 6.92. The van der Waals surface area contributed by atoms with Crippen LogP contribution in [0.25, 0.3) is 0 Å². The smallest absolute Gasteiger partial charge is 0.312 e. The molecule has 2 nitrogen and oxygen atoms in total. The standard InChI is InChI=1S/C15H27O2PS/c1-3-15(14(16)17-9-13(18)19)7-11-4-10(2)5-12(6-11)8-15/h10-13,19H,3-9,18H2,1-2H3/t10?,11?,12?,13-,15?/m0/s1. The molecule has 2 rings (SSSR count). The lowest BCUT2D eigenvalue weighted by molar-refractivity contribution is -0.162. The second-order valence-electron chi connectivity index (χ2n) is 6.75. The van der Waals surface area contributed by atoms with Gasteiger partial charge in [0, 0.05) is 0 Å². The van der Waals surface area contributed by atoms with Gasteiger partial charge in [-0.15, -0.1) is 9.24 Å². The van der Waals surface area contributed by atoms with Crippen LogP contribution in [0.4, 0.5) is 0 Å². The van der Waals surface area contributed by atoms with Crippen LogP contribution in [0.3, 0.4) is 0 Å². The van der Waals surface area contributed by atoms with E-state index < -0.39 is 0 Å². The molecule has 2 bridgehead atoms. The Morgan fingerprint density at radius 2 is 1.95 bits per heavy atom. The molecule has 0 aromatic carbocycles. The van der Waals surface area contributed by atoms with Gasteiger partial charge in [0.2, 0.25) is 0 Å².